The summed E-state index contributed by atoms with van der Waals surface area (Å²) in [6, 6.07) is 8.61. The van der Waals surface area contributed by atoms with Crippen molar-refractivity contribution < 1.29 is 64.5 Å². The Morgan fingerprint density at radius 1 is 0.800 bits per heavy atom. The van der Waals surface area contributed by atoms with E-state index in [0.717, 1.165) is 11.1 Å². The van der Waals surface area contributed by atoms with Crippen LogP contribution in [0, 0.1) is 13.8 Å². The highest BCUT2D eigenvalue weighted by Gasteiger charge is 2.39. The minimum atomic E-state index is -4.09. The van der Waals surface area contributed by atoms with Crippen LogP contribution in [0.1, 0.15) is 61.2 Å². The highest BCUT2D eigenvalue weighted by Crippen LogP contribution is 2.33. The van der Waals surface area contributed by atoms with Crippen LogP contribution < -0.4 is 15.1 Å². The van der Waals surface area contributed by atoms with Crippen LogP contribution in [-0.2, 0) is 61.6 Å². The molecule has 6 rings (SSSR count). The number of carbonyl (C=O) groups is 2. The molecule has 2 aliphatic heterocycles. The molecule has 4 heterocycles. The van der Waals surface area contributed by atoms with Crippen molar-refractivity contribution in [2.75, 3.05) is 13.2 Å². The summed E-state index contributed by atoms with van der Waals surface area (Å²) in [6.45, 7) is 7.53. The Hall–Kier alpha value is -4.44. The Balaban J connectivity index is 0.000000205. The van der Waals surface area contributed by atoms with Gasteiger partial charge in [-0.05, 0) is 97.3 Å². The number of benzene rings is 2. The van der Waals surface area contributed by atoms with E-state index < -0.39 is 51.6 Å². The lowest BCUT2D eigenvalue weighted by molar-refractivity contribution is -0.146. The van der Waals surface area contributed by atoms with Crippen LogP contribution in [0.2, 0.25) is 0 Å². The highest BCUT2D eigenvalue weighted by atomic mass is 35.7. The smallest absolute Gasteiger partial charge is 0.492 e. The maximum atomic E-state index is 12.4. The van der Waals surface area contributed by atoms with Gasteiger partial charge in [0.15, 0.2) is 10.1 Å². The number of aromatic nitrogens is 4. The molecule has 0 bridgehead atoms. The molecule has 2 unspecified atom stereocenters. The zero-order valence-corrected chi connectivity index (χ0v) is 33.0. The van der Waals surface area contributed by atoms with Crippen LogP contribution in [0.5, 0.6) is 11.5 Å². The van der Waals surface area contributed by atoms with E-state index in [-0.39, 0.29) is 47.0 Å². The summed E-state index contributed by atoms with van der Waals surface area (Å²) in [7, 11) is -2.09. The van der Waals surface area contributed by atoms with E-state index in [9.17, 15) is 41.6 Å². The van der Waals surface area contributed by atoms with Gasteiger partial charge in [-0.15, -0.1) is 0 Å². The Kier molecular flexibility index (Phi) is 14.2. The number of aromatic hydroxyl groups is 1. The zero-order valence-electron chi connectivity index (χ0n) is 30.6. The third-order valence-electron chi connectivity index (χ3n) is 8.14. The number of phenols is 1. The van der Waals surface area contributed by atoms with E-state index in [1.807, 2.05) is 0 Å². The SMILES string of the molecule is CCOC(=O)CC1OB(O)c2cc(O)cc(C)c21.CCOC(=O)CC1OB(O)c2cc(OS(=O)(=O)c3ccnn3C)cc(C)c21.Cn1nccc1S(=O)(=O)Cl. The number of carbonyl (C=O) groups excluding carboxylic acids is 2. The average molecular weight is 825 g/mol. The fourth-order valence-electron chi connectivity index (χ4n) is 5.95. The summed E-state index contributed by atoms with van der Waals surface area (Å²) >= 11 is 0. The van der Waals surface area contributed by atoms with Gasteiger partial charge in [-0.1, -0.05) is 0 Å². The van der Waals surface area contributed by atoms with E-state index in [1.54, 1.807) is 33.8 Å². The standard InChI is InChI=1S/C16H19BN2O7S.C12H15BO5.C4H5ClN2O2S/c1-4-24-15(20)9-13-16-10(2)7-11(8-12(16)17(21)25-13)26-27(22,23)14-5-6-18-19(14)3;1-3-17-11(15)6-10-12-7(2)4-8(14)5-9(12)13(16)18-10;1-7-4(2-3-6-7)10(5,8)9/h5-8,13,21H,4,9H2,1-3H3;4-5,10,14,16H,3,6H2,1-2H3;2-3H,1H3. The third-order valence-corrected chi connectivity index (χ3v) is 10.8. The van der Waals surface area contributed by atoms with Crippen LogP contribution in [0.4, 0.5) is 0 Å². The molecular weight excluding hydrogens is 786 g/mol. The first-order valence-corrected chi connectivity index (χ1v) is 20.3. The van der Waals surface area contributed by atoms with Crippen molar-refractivity contribution in [2.45, 2.75) is 62.8 Å². The number of esters is 2. The Labute approximate surface area is 322 Å². The first kappa shape index (κ1) is 43.3. The summed E-state index contributed by atoms with van der Waals surface area (Å²) < 4.78 is 74.2. The summed E-state index contributed by atoms with van der Waals surface area (Å²) in [5.41, 5.74) is 3.68. The number of ether oxygens (including phenoxy) is 2. The molecular formula is C32H39B2ClN4O14S2. The molecule has 0 fully saturated rings. The lowest BCUT2D eigenvalue weighted by atomic mass is 9.77. The molecule has 2 aromatic carbocycles. The Morgan fingerprint density at radius 2 is 1.25 bits per heavy atom. The van der Waals surface area contributed by atoms with Crippen molar-refractivity contribution in [1.82, 2.24) is 19.6 Å². The van der Waals surface area contributed by atoms with E-state index in [2.05, 4.69) is 10.2 Å². The van der Waals surface area contributed by atoms with Crippen LogP contribution in [0.15, 0.2) is 58.8 Å². The number of halogens is 1. The number of hydrogen-bond donors (Lipinski definition) is 3. The van der Waals surface area contributed by atoms with Crippen LogP contribution in [0.3, 0.4) is 0 Å². The van der Waals surface area contributed by atoms with Gasteiger partial charge in [0.25, 0.3) is 9.05 Å². The molecule has 3 N–H and O–H groups in total. The number of phenolic OH excluding ortho intramolecular Hbond substituents is 1. The van der Waals surface area contributed by atoms with Crippen molar-refractivity contribution in [3.63, 3.8) is 0 Å². The summed E-state index contributed by atoms with van der Waals surface area (Å²) in [6.07, 6.45) is 1.54. The molecule has 0 radical (unpaired) electrons. The van der Waals surface area contributed by atoms with Gasteiger partial charge >= 0.3 is 36.3 Å². The van der Waals surface area contributed by atoms with Gasteiger partial charge in [0.1, 0.15) is 11.5 Å². The summed E-state index contributed by atoms with van der Waals surface area (Å²) in [5, 5.41) is 36.8. The lowest BCUT2D eigenvalue weighted by Crippen LogP contribution is -2.28. The second kappa shape index (κ2) is 18.0. The van der Waals surface area contributed by atoms with E-state index in [0.29, 0.717) is 28.7 Å². The van der Waals surface area contributed by atoms with Gasteiger partial charge in [0.2, 0.25) is 0 Å². The molecule has 0 spiro atoms. The minimum absolute atomic E-state index is 0.00849. The van der Waals surface area contributed by atoms with Crippen molar-refractivity contribution in [3.05, 3.63) is 71.0 Å². The van der Waals surface area contributed by atoms with E-state index in [4.69, 9.17) is 33.6 Å². The van der Waals surface area contributed by atoms with E-state index >= 15 is 0 Å². The number of aryl methyl sites for hydroxylation is 4. The molecule has 0 aliphatic carbocycles. The van der Waals surface area contributed by atoms with Crippen molar-refractivity contribution >= 4 is 67.0 Å². The molecule has 4 aromatic rings. The van der Waals surface area contributed by atoms with Crippen LogP contribution in [0.25, 0.3) is 0 Å². The number of fused-ring (bicyclic) bond motifs is 2. The second-order valence-corrected chi connectivity index (χ2v) is 16.0. The van der Waals surface area contributed by atoms with E-state index in [1.165, 1.54) is 66.2 Å². The normalized spacial score (nSPS) is 15.9. The molecule has 0 saturated carbocycles. The first-order valence-electron chi connectivity index (χ1n) is 16.6. The Bertz CT molecular complexity index is 2250. The molecule has 296 valence electrons. The number of rotatable bonds is 10. The molecule has 0 amide bonds. The molecule has 18 nitrogen and oxygen atoms in total. The second-order valence-electron chi connectivity index (χ2n) is 12.0. The molecule has 2 atom stereocenters. The Morgan fingerprint density at radius 3 is 1.67 bits per heavy atom. The predicted octanol–water partition coefficient (Wildman–Crippen LogP) is 0.968. The largest absolute Gasteiger partial charge is 0.508 e. The monoisotopic (exact) mass is 824 g/mol. The maximum Gasteiger partial charge on any atom is 0.492 e. The van der Waals surface area contributed by atoms with Crippen LogP contribution >= 0.6 is 10.7 Å². The predicted molar refractivity (Wildman–Crippen MR) is 197 cm³/mol. The third kappa shape index (κ3) is 10.7. The molecule has 55 heavy (non-hydrogen) atoms. The molecule has 23 heteroatoms. The topological polar surface area (TPSA) is 245 Å². The van der Waals surface area contributed by atoms with Gasteiger partial charge in [-0.3, -0.25) is 19.0 Å². The van der Waals surface area contributed by atoms with Crippen molar-refractivity contribution in [2.24, 2.45) is 14.1 Å². The molecule has 0 saturated heterocycles. The quantitative estimate of drug-likeness (QED) is 0.0873. The average Bonchev–Trinajstić information content (AvgIpc) is 3.85. The van der Waals surface area contributed by atoms with Crippen molar-refractivity contribution in [3.8, 4) is 11.5 Å². The fourth-order valence-corrected chi connectivity index (χ4v) is 8.02. The lowest BCUT2D eigenvalue weighted by Gasteiger charge is -2.14. The highest BCUT2D eigenvalue weighted by molar-refractivity contribution is 8.13. The zero-order chi connectivity index (χ0) is 40.8. The minimum Gasteiger partial charge on any atom is -0.508 e. The molecule has 2 aromatic heterocycles. The van der Waals surface area contributed by atoms with Gasteiger partial charge in [0, 0.05) is 24.8 Å². The maximum absolute atomic E-state index is 12.4. The van der Waals surface area contributed by atoms with Crippen molar-refractivity contribution in [1.29, 1.82) is 0 Å². The molecule has 2 aliphatic rings. The van der Waals surface area contributed by atoms with Gasteiger partial charge in [-0.25, -0.2) is 8.42 Å². The number of hydrogen-bond acceptors (Lipinski definition) is 16. The summed E-state index contributed by atoms with van der Waals surface area (Å²) in [4.78, 5) is 23.2. The van der Waals surface area contributed by atoms with Gasteiger partial charge in [0.05, 0.1) is 50.7 Å². The van der Waals surface area contributed by atoms with Crippen LogP contribution in [-0.4, -0.2) is 90.9 Å². The number of nitrogens with zero attached hydrogens (tertiary/aromatic N) is 4. The fraction of sp³-hybridized carbons (Fsp3) is 0.375. The summed E-state index contributed by atoms with van der Waals surface area (Å²) in [5.74, 6) is -0.700. The first-order chi connectivity index (χ1) is 25.8. The van der Waals surface area contributed by atoms with Gasteiger partial charge < -0.3 is 38.1 Å². The van der Waals surface area contributed by atoms with Gasteiger partial charge in [-0.2, -0.15) is 18.6 Å².